The number of nitrogens with zero attached hydrogens (tertiary/aromatic N) is 4. The fraction of sp³-hybridized carbons (Fsp3) is 0.545. The van der Waals surface area contributed by atoms with Crippen LogP contribution < -0.4 is 0 Å². The highest BCUT2D eigenvalue weighted by Gasteiger charge is 2.34. The fourth-order valence-electron chi connectivity index (χ4n) is 2.57. The van der Waals surface area contributed by atoms with Gasteiger partial charge in [0.2, 0.25) is 5.28 Å². The molecule has 0 unspecified atom stereocenters. The van der Waals surface area contributed by atoms with Crippen molar-refractivity contribution in [3.63, 3.8) is 0 Å². The van der Waals surface area contributed by atoms with Crippen LogP contribution in [0.25, 0.3) is 5.52 Å². The SMILES string of the molecule is CC1(c2ncc3cnc(Cl)nn23)CCCC1. The summed E-state index contributed by atoms with van der Waals surface area (Å²) in [5.74, 6) is 1.02. The van der Waals surface area contributed by atoms with Gasteiger partial charge in [0, 0.05) is 5.41 Å². The molecule has 2 aromatic heterocycles. The molecular formula is C11H13ClN4. The molecule has 0 atom stereocenters. The summed E-state index contributed by atoms with van der Waals surface area (Å²) in [6, 6.07) is 0. The van der Waals surface area contributed by atoms with Crippen LogP contribution in [0.3, 0.4) is 0 Å². The van der Waals surface area contributed by atoms with E-state index in [-0.39, 0.29) is 10.7 Å². The second kappa shape index (κ2) is 3.42. The highest BCUT2D eigenvalue weighted by Crippen LogP contribution is 2.39. The van der Waals surface area contributed by atoms with Gasteiger partial charge in [0.1, 0.15) is 11.3 Å². The summed E-state index contributed by atoms with van der Waals surface area (Å²) in [6.07, 6.45) is 8.41. The summed E-state index contributed by atoms with van der Waals surface area (Å²) < 4.78 is 1.83. The Morgan fingerprint density at radius 3 is 2.69 bits per heavy atom. The Hall–Kier alpha value is -1.16. The second-order valence-electron chi connectivity index (χ2n) is 4.71. The molecule has 1 aliphatic rings. The van der Waals surface area contributed by atoms with Gasteiger partial charge >= 0.3 is 0 Å². The molecule has 2 aromatic rings. The largest absolute Gasteiger partial charge is 0.241 e. The zero-order chi connectivity index (χ0) is 11.2. The van der Waals surface area contributed by atoms with E-state index >= 15 is 0 Å². The van der Waals surface area contributed by atoms with Crippen molar-refractivity contribution in [2.45, 2.75) is 38.0 Å². The monoisotopic (exact) mass is 236 g/mol. The van der Waals surface area contributed by atoms with Gasteiger partial charge in [-0.2, -0.15) is 0 Å². The van der Waals surface area contributed by atoms with E-state index in [1.54, 1.807) is 6.20 Å². The molecule has 0 radical (unpaired) electrons. The van der Waals surface area contributed by atoms with E-state index in [0.717, 1.165) is 11.3 Å². The average molecular weight is 237 g/mol. The standard InChI is InChI=1S/C11H13ClN4/c1-11(4-2-3-5-11)9-13-6-8-7-14-10(12)15-16(8)9/h6-7H,2-5H2,1H3. The number of fused-ring (bicyclic) bond motifs is 1. The maximum Gasteiger partial charge on any atom is 0.241 e. The molecule has 0 bridgehead atoms. The average Bonchev–Trinajstić information content (AvgIpc) is 2.84. The number of halogens is 1. The van der Waals surface area contributed by atoms with Crippen LogP contribution in [0.2, 0.25) is 5.28 Å². The number of hydrogen-bond acceptors (Lipinski definition) is 3. The molecule has 2 heterocycles. The van der Waals surface area contributed by atoms with Gasteiger partial charge in [0.25, 0.3) is 0 Å². The molecule has 0 aromatic carbocycles. The molecule has 0 amide bonds. The lowest BCUT2D eigenvalue weighted by molar-refractivity contribution is 0.448. The summed E-state index contributed by atoms with van der Waals surface area (Å²) in [6.45, 7) is 2.25. The first-order chi connectivity index (χ1) is 7.69. The Balaban J connectivity index is 2.19. The smallest absolute Gasteiger partial charge is 0.238 e. The van der Waals surface area contributed by atoms with Crippen LogP contribution >= 0.6 is 11.6 Å². The van der Waals surface area contributed by atoms with Crippen molar-refractivity contribution in [2.75, 3.05) is 0 Å². The lowest BCUT2D eigenvalue weighted by Crippen LogP contribution is -2.21. The second-order valence-corrected chi connectivity index (χ2v) is 5.05. The Labute approximate surface area is 98.7 Å². The summed E-state index contributed by atoms with van der Waals surface area (Å²) >= 11 is 5.83. The highest BCUT2D eigenvalue weighted by atomic mass is 35.5. The summed E-state index contributed by atoms with van der Waals surface area (Å²) in [4.78, 5) is 8.46. The first-order valence-electron chi connectivity index (χ1n) is 5.56. The molecule has 3 rings (SSSR count). The quantitative estimate of drug-likeness (QED) is 0.765. The summed E-state index contributed by atoms with van der Waals surface area (Å²) in [5, 5.41) is 4.51. The lowest BCUT2D eigenvalue weighted by atomic mass is 9.88. The first-order valence-corrected chi connectivity index (χ1v) is 5.94. The third kappa shape index (κ3) is 1.40. The van der Waals surface area contributed by atoms with Crippen molar-refractivity contribution < 1.29 is 0 Å². The predicted octanol–water partition coefficient (Wildman–Crippen LogP) is 2.61. The summed E-state index contributed by atoms with van der Waals surface area (Å²) in [5.41, 5.74) is 1.05. The minimum absolute atomic E-state index is 0.143. The van der Waals surface area contributed by atoms with Crippen LogP contribution in [0.15, 0.2) is 12.4 Å². The minimum atomic E-state index is 0.143. The van der Waals surface area contributed by atoms with Crippen molar-refractivity contribution in [1.82, 2.24) is 19.6 Å². The van der Waals surface area contributed by atoms with E-state index < -0.39 is 0 Å². The van der Waals surface area contributed by atoms with Crippen LogP contribution in [0.1, 0.15) is 38.4 Å². The zero-order valence-electron chi connectivity index (χ0n) is 9.15. The molecular weight excluding hydrogens is 224 g/mol. The Bertz CT molecular complexity index is 528. The van der Waals surface area contributed by atoms with Crippen LogP contribution in [0.4, 0.5) is 0 Å². The van der Waals surface area contributed by atoms with Gasteiger partial charge in [-0.3, -0.25) is 0 Å². The van der Waals surface area contributed by atoms with Crippen molar-refractivity contribution in [1.29, 1.82) is 0 Å². The molecule has 1 aliphatic carbocycles. The molecule has 4 nitrogen and oxygen atoms in total. The predicted molar refractivity (Wildman–Crippen MR) is 61.6 cm³/mol. The molecule has 5 heteroatoms. The van der Waals surface area contributed by atoms with Crippen LogP contribution in [0, 0.1) is 0 Å². The summed E-state index contributed by atoms with van der Waals surface area (Å²) in [7, 11) is 0. The van der Waals surface area contributed by atoms with Crippen LogP contribution in [-0.4, -0.2) is 19.6 Å². The normalized spacial score (nSPS) is 19.4. The minimum Gasteiger partial charge on any atom is -0.238 e. The van der Waals surface area contributed by atoms with Gasteiger partial charge in [0.05, 0.1) is 12.4 Å². The molecule has 1 fully saturated rings. The maximum atomic E-state index is 5.83. The molecule has 16 heavy (non-hydrogen) atoms. The lowest BCUT2D eigenvalue weighted by Gasteiger charge is -2.21. The van der Waals surface area contributed by atoms with E-state index in [0.29, 0.717) is 0 Å². The molecule has 0 spiro atoms. The maximum absolute atomic E-state index is 5.83. The van der Waals surface area contributed by atoms with Gasteiger partial charge < -0.3 is 0 Å². The van der Waals surface area contributed by atoms with Crippen molar-refractivity contribution in [3.05, 3.63) is 23.5 Å². The number of rotatable bonds is 1. The van der Waals surface area contributed by atoms with Crippen LogP contribution in [0.5, 0.6) is 0 Å². The third-order valence-electron chi connectivity index (χ3n) is 3.50. The molecule has 0 saturated heterocycles. The Kier molecular flexibility index (Phi) is 2.14. The van der Waals surface area contributed by atoms with E-state index in [4.69, 9.17) is 11.6 Å². The fourth-order valence-corrected chi connectivity index (χ4v) is 2.69. The third-order valence-corrected chi connectivity index (χ3v) is 3.67. The number of aromatic nitrogens is 4. The number of hydrogen-bond donors (Lipinski definition) is 0. The Morgan fingerprint density at radius 1 is 1.25 bits per heavy atom. The van der Waals surface area contributed by atoms with Crippen LogP contribution in [-0.2, 0) is 5.41 Å². The molecule has 0 aliphatic heterocycles. The highest BCUT2D eigenvalue weighted by molar-refractivity contribution is 6.28. The molecule has 84 valence electrons. The Morgan fingerprint density at radius 2 is 1.94 bits per heavy atom. The number of imidazole rings is 1. The first kappa shape index (κ1) is 10.0. The van der Waals surface area contributed by atoms with Gasteiger partial charge in [-0.05, 0) is 24.4 Å². The molecule has 0 N–H and O–H groups in total. The van der Waals surface area contributed by atoms with E-state index in [9.17, 15) is 0 Å². The van der Waals surface area contributed by atoms with E-state index in [1.807, 2.05) is 10.7 Å². The van der Waals surface area contributed by atoms with Gasteiger partial charge in [-0.15, -0.1) is 5.10 Å². The van der Waals surface area contributed by atoms with Crippen molar-refractivity contribution in [3.8, 4) is 0 Å². The van der Waals surface area contributed by atoms with Gasteiger partial charge in [0.15, 0.2) is 0 Å². The van der Waals surface area contributed by atoms with E-state index in [1.165, 1.54) is 25.7 Å². The molecule has 1 saturated carbocycles. The van der Waals surface area contributed by atoms with Gasteiger partial charge in [-0.25, -0.2) is 14.5 Å². The zero-order valence-corrected chi connectivity index (χ0v) is 9.91. The van der Waals surface area contributed by atoms with Crippen molar-refractivity contribution >= 4 is 17.1 Å². The topological polar surface area (TPSA) is 43.1 Å². The van der Waals surface area contributed by atoms with Crippen molar-refractivity contribution in [2.24, 2.45) is 0 Å². The van der Waals surface area contributed by atoms with Gasteiger partial charge in [-0.1, -0.05) is 19.8 Å². The van der Waals surface area contributed by atoms with E-state index in [2.05, 4.69) is 22.0 Å².